The molecule has 50 heavy (non-hydrogen) atoms. The fourth-order valence-corrected chi connectivity index (χ4v) is 5.26. The first-order chi connectivity index (χ1) is 23.4. The van der Waals surface area contributed by atoms with Crippen LogP contribution in [0.4, 0.5) is 19.8 Å². The number of fused-ring (bicyclic) bond motifs is 1. The number of nitrogens with zero attached hydrogens (tertiary/aromatic N) is 8. The summed E-state index contributed by atoms with van der Waals surface area (Å²) in [7, 11) is 0. The number of anilines is 1. The SMILES string of the molecule is CC(C)(C)OC(=O)N(C(=O)OC(C)(C)C)c1ccc(C(=O)NN=C(N)[C@@H]2CCc3cc(-c4cc(Cl)ccc4-n4cnnn4)cc(=O)n32)c(F)n1. The Morgan fingerprint density at radius 1 is 1.04 bits per heavy atom. The van der Waals surface area contributed by atoms with E-state index in [2.05, 4.69) is 31.0 Å². The van der Waals surface area contributed by atoms with Crippen LogP contribution in [0.3, 0.4) is 0 Å². The first-order valence-corrected chi connectivity index (χ1v) is 15.6. The number of pyridine rings is 2. The van der Waals surface area contributed by atoms with Crippen LogP contribution >= 0.6 is 11.6 Å². The van der Waals surface area contributed by atoms with Gasteiger partial charge in [0.15, 0.2) is 5.82 Å². The molecule has 0 saturated carbocycles. The summed E-state index contributed by atoms with van der Waals surface area (Å²) in [5.74, 6) is -2.92. The first-order valence-electron chi connectivity index (χ1n) is 15.3. The average Bonchev–Trinajstić information content (AvgIpc) is 3.69. The van der Waals surface area contributed by atoms with E-state index < -0.39 is 52.7 Å². The average molecular weight is 709 g/mol. The number of amidine groups is 1. The van der Waals surface area contributed by atoms with Crippen molar-refractivity contribution < 1.29 is 28.2 Å². The van der Waals surface area contributed by atoms with Crippen molar-refractivity contribution in [2.75, 3.05) is 4.90 Å². The molecule has 3 N–H and O–H groups in total. The quantitative estimate of drug-likeness (QED) is 0.123. The van der Waals surface area contributed by atoms with Gasteiger partial charge in [0.25, 0.3) is 11.5 Å². The minimum Gasteiger partial charge on any atom is -0.443 e. The summed E-state index contributed by atoms with van der Waals surface area (Å²) < 4.78 is 28.7. The smallest absolute Gasteiger partial charge is 0.425 e. The topological polar surface area (TPSA) is 202 Å². The van der Waals surface area contributed by atoms with Crippen LogP contribution in [0, 0.1) is 5.95 Å². The van der Waals surface area contributed by atoms with Crippen LogP contribution in [-0.4, -0.2) is 64.9 Å². The van der Waals surface area contributed by atoms with Crippen molar-refractivity contribution in [2.45, 2.75) is 71.6 Å². The lowest BCUT2D eigenvalue weighted by Crippen LogP contribution is -2.44. The Morgan fingerprint density at radius 3 is 2.32 bits per heavy atom. The number of benzene rings is 1. The molecule has 3 aromatic heterocycles. The van der Waals surface area contributed by atoms with Crippen LogP contribution in [0.5, 0.6) is 0 Å². The van der Waals surface area contributed by atoms with E-state index in [0.29, 0.717) is 45.3 Å². The molecule has 18 heteroatoms. The number of amides is 3. The van der Waals surface area contributed by atoms with Crippen LogP contribution in [-0.2, 0) is 15.9 Å². The molecular formula is C32H34ClFN10O6. The fraction of sp³-hybridized carbons (Fsp3) is 0.344. The van der Waals surface area contributed by atoms with Crippen molar-refractivity contribution in [2.24, 2.45) is 10.8 Å². The molecule has 1 aliphatic heterocycles. The number of ether oxygens (including phenoxy) is 2. The Kier molecular flexibility index (Phi) is 9.72. The normalized spacial score (nSPS) is 14.6. The highest BCUT2D eigenvalue weighted by Crippen LogP contribution is 2.32. The number of carbonyl (C=O) groups excluding carboxylic acids is 3. The lowest BCUT2D eigenvalue weighted by Gasteiger charge is -2.28. The highest BCUT2D eigenvalue weighted by atomic mass is 35.5. The standard InChI is InChI=1S/C32H34ClFN10O6/c1-31(2,3)49-29(47)44(30(48)50-32(4,5)6)24-12-9-20(26(34)37-24)28(46)39-38-27(35)23-11-8-19-13-17(14-25(45)43(19)23)21-15-18(33)7-10-22(21)42-16-36-40-41-42/h7,9-10,12-16,23H,8,11H2,1-6H3,(H2,35,38)(H,39,46)/t23-/m0/s1. The number of hydrogen-bond donors (Lipinski definition) is 2. The largest absolute Gasteiger partial charge is 0.443 e. The molecule has 1 aromatic carbocycles. The minimum atomic E-state index is -1.32. The Bertz CT molecular complexity index is 2030. The summed E-state index contributed by atoms with van der Waals surface area (Å²) in [6, 6.07) is 9.76. The fourth-order valence-electron chi connectivity index (χ4n) is 5.09. The van der Waals surface area contributed by atoms with E-state index in [1.165, 1.54) is 21.6 Å². The summed E-state index contributed by atoms with van der Waals surface area (Å²) in [4.78, 5) is 56.2. The molecule has 1 atom stereocenters. The molecule has 1 aliphatic rings. The Morgan fingerprint density at radius 2 is 1.72 bits per heavy atom. The number of halogens is 2. The van der Waals surface area contributed by atoms with E-state index in [4.69, 9.17) is 26.8 Å². The van der Waals surface area contributed by atoms with Gasteiger partial charge in [0.2, 0.25) is 5.95 Å². The van der Waals surface area contributed by atoms with Crippen molar-refractivity contribution >= 4 is 41.3 Å². The molecule has 4 aromatic rings. The summed E-state index contributed by atoms with van der Waals surface area (Å²) in [6.07, 6.45) is -0.0338. The molecule has 0 aliphatic carbocycles. The van der Waals surface area contributed by atoms with Gasteiger partial charge in [0.1, 0.15) is 23.4 Å². The third-order valence-electron chi connectivity index (χ3n) is 7.09. The van der Waals surface area contributed by atoms with Crippen LogP contribution < -0.4 is 21.6 Å². The molecule has 3 amide bonds. The molecule has 0 bridgehead atoms. The second-order valence-electron chi connectivity index (χ2n) is 13.2. The monoisotopic (exact) mass is 708 g/mol. The number of nitrogens with two attached hydrogens (primary N) is 1. The maximum Gasteiger partial charge on any atom is 0.425 e. The zero-order chi connectivity index (χ0) is 36.5. The van der Waals surface area contributed by atoms with Crippen molar-refractivity contribution in [3.05, 3.63) is 81.4 Å². The van der Waals surface area contributed by atoms with Crippen LogP contribution in [0.1, 0.15) is 70.1 Å². The number of aryl methyl sites for hydroxylation is 1. The molecular weight excluding hydrogens is 675 g/mol. The molecule has 0 radical (unpaired) electrons. The number of nitrogens with one attached hydrogen (secondary N) is 1. The number of tetrazole rings is 1. The van der Waals surface area contributed by atoms with Gasteiger partial charge in [-0.3, -0.25) is 9.59 Å². The molecule has 16 nitrogen and oxygen atoms in total. The summed E-state index contributed by atoms with van der Waals surface area (Å²) in [6.45, 7) is 9.50. The maximum atomic E-state index is 15.2. The van der Waals surface area contributed by atoms with Gasteiger partial charge in [0, 0.05) is 22.3 Å². The van der Waals surface area contributed by atoms with E-state index in [-0.39, 0.29) is 11.4 Å². The van der Waals surface area contributed by atoms with Gasteiger partial charge in [-0.1, -0.05) is 11.6 Å². The Balaban J connectivity index is 1.36. The minimum absolute atomic E-state index is 0.102. The molecule has 0 saturated heterocycles. The highest BCUT2D eigenvalue weighted by molar-refractivity contribution is 6.31. The predicted molar refractivity (Wildman–Crippen MR) is 179 cm³/mol. The van der Waals surface area contributed by atoms with Crippen LogP contribution in [0.2, 0.25) is 5.02 Å². The van der Waals surface area contributed by atoms with Crippen LogP contribution in [0.15, 0.2) is 58.7 Å². The lowest BCUT2D eigenvalue weighted by atomic mass is 10.0. The number of hydrogen-bond acceptors (Lipinski definition) is 11. The number of hydrazone groups is 1. The van der Waals surface area contributed by atoms with E-state index in [9.17, 15) is 19.2 Å². The predicted octanol–water partition coefficient (Wildman–Crippen LogP) is 4.54. The van der Waals surface area contributed by atoms with Gasteiger partial charge in [-0.05, 0) is 107 Å². The number of imide groups is 1. The van der Waals surface area contributed by atoms with E-state index in [1.807, 2.05) is 6.07 Å². The molecule has 5 rings (SSSR count). The van der Waals surface area contributed by atoms with Gasteiger partial charge in [-0.2, -0.15) is 19.1 Å². The van der Waals surface area contributed by atoms with Gasteiger partial charge >= 0.3 is 12.2 Å². The maximum absolute atomic E-state index is 15.2. The van der Waals surface area contributed by atoms with Crippen LogP contribution in [0.25, 0.3) is 16.8 Å². The number of rotatable bonds is 6. The van der Waals surface area contributed by atoms with E-state index in [1.54, 1.807) is 59.7 Å². The Hall–Kier alpha value is -5.71. The van der Waals surface area contributed by atoms with Gasteiger partial charge in [-0.25, -0.2) is 20.0 Å². The molecule has 0 unspecified atom stereocenters. The first kappa shape index (κ1) is 35.6. The van der Waals surface area contributed by atoms with Gasteiger partial charge in [-0.15, -0.1) is 5.10 Å². The van der Waals surface area contributed by atoms with Crippen molar-refractivity contribution in [3.63, 3.8) is 0 Å². The third kappa shape index (κ3) is 7.94. The summed E-state index contributed by atoms with van der Waals surface area (Å²) in [5.41, 5.74) is 7.96. The Labute approximate surface area is 290 Å². The molecule has 0 fully saturated rings. The molecule has 4 heterocycles. The van der Waals surface area contributed by atoms with Crippen molar-refractivity contribution in [1.29, 1.82) is 0 Å². The zero-order valence-corrected chi connectivity index (χ0v) is 28.7. The van der Waals surface area contributed by atoms with Gasteiger partial charge < -0.3 is 19.8 Å². The second-order valence-corrected chi connectivity index (χ2v) is 13.6. The number of carbonyl (C=O) groups is 3. The highest BCUT2D eigenvalue weighted by Gasteiger charge is 2.34. The summed E-state index contributed by atoms with van der Waals surface area (Å²) >= 11 is 6.27. The van der Waals surface area contributed by atoms with Gasteiger partial charge in [0.05, 0.1) is 17.3 Å². The number of aromatic nitrogens is 6. The molecule has 0 spiro atoms. The van der Waals surface area contributed by atoms with Crippen molar-refractivity contribution in [3.8, 4) is 16.8 Å². The second kappa shape index (κ2) is 13.7. The van der Waals surface area contributed by atoms with Crippen molar-refractivity contribution in [1.82, 2.24) is 35.2 Å². The summed E-state index contributed by atoms with van der Waals surface area (Å²) in [5, 5.41) is 15.7. The lowest BCUT2D eigenvalue weighted by molar-refractivity contribution is 0.0428. The zero-order valence-electron chi connectivity index (χ0n) is 28.0. The van der Waals surface area contributed by atoms with E-state index in [0.717, 1.165) is 12.1 Å². The third-order valence-corrected chi connectivity index (χ3v) is 7.32. The van der Waals surface area contributed by atoms with E-state index >= 15 is 4.39 Å². The molecule has 262 valence electrons.